The lowest BCUT2D eigenvalue weighted by atomic mass is 10.1. The van der Waals surface area contributed by atoms with E-state index >= 15 is 0 Å². The third kappa shape index (κ3) is 2.83. The van der Waals surface area contributed by atoms with Crippen molar-refractivity contribution in [2.24, 2.45) is 0 Å². The van der Waals surface area contributed by atoms with Crippen molar-refractivity contribution in [1.29, 1.82) is 0 Å². The smallest absolute Gasteiger partial charge is 0.245 e. The molecule has 1 aliphatic rings. The van der Waals surface area contributed by atoms with Crippen molar-refractivity contribution >= 4 is 29.1 Å². The number of rotatable bonds is 3. The lowest BCUT2D eigenvalue weighted by Crippen LogP contribution is -2.27. The Kier molecular flexibility index (Phi) is 4.11. The van der Waals surface area contributed by atoms with Crippen molar-refractivity contribution in [1.82, 2.24) is 0 Å². The van der Waals surface area contributed by atoms with Crippen molar-refractivity contribution in [2.75, 3.05) is 4.90 Å². The van der Waals surface area contributed by atoms with Gasteiger partial charge in [0.1, 0.15) is 0 Å². The number of thioether (sulfide) groups is 1. The quantitative estimate of drug-likeness (QED) is 0.638. The lowest BCUT2D eigenvalue weighted by molar-refractivity contribution is -0.116. The predicted molar refractivity (Wildman–Crippen MR) is 89.8 cm³/mol. The minimum absolute atomic E-state index is 0.00307. The number of anilines is 1. The first-order valence-electron chi connectivity index (χ1n) is 7.03. The first-order chi connectivity index (χ1) is 10.7. The predicted octanol–water partition coefficient (Wildman–Crippen LogP) is 3.88. The zero-order valence-electron chi connectivity index (χ0n) is 12.1. The van der Waals surface area contributed by atoms with Gasteiger partial charge in [0.15, 0.2) is 5.78 Å². The molecule has 1 saturated heterocycles. The van der Waals surface area contributed by atoms with Crippen molar-refractivity contribution in [3.05, 3.63) is 77.3 Å². The molecule has 0 aromatic heterocycles. The van der Waals surface area contributed by atoms with Gasteiger partial charge < -0.3 is 0 Å². The highest BCUT2D eigenvalue weighted by atomic mass is 32.2. The van der Waals surface area contributed by atoms with Crippen LogP contribution in [0, 0.1) is 0 Å². The topological polar surface area (TPSA) is 37.4 Å². The number of hydrogen-bond acceptors (Lipinski definition) is 3. The zero-order chi connectivity index (χ0) is 15.5. The highest BCUT2D eigenvalue weighted by Crippen LogP contribution is 2.38. The van der Waals surface area contributed by atoms with Crippen LogP contribution >= 0.6 is 11.8 Å². The van der Waals surface area contributed by atoms with E-state index in [1.165, 1.54) is 11.8 Å². The van der Waals surface area contributed by atoms with Gasteiger partial charge in [0.05, 0.1) is 10.3 Å². The van der Waals surface area contributed by atoms with Gasteiger partial charge in [-0.05, 0) is 19.1 Å². The van der Waals surface area contributed by atoms with Crippen LogP contribution < -0.4 is 4.90 Å². The molecule has 3 nitrogen and oxygen atoms in total. The Hall–Kier alpha value is -2.33. The number of nitrogens with zero attached hydrogens (tertiary/aromatic N) is 1. The van der Waals surface area contributed by atoms with Crippen LogP contribution in [0.3, 0.4) is 0 Å². The number of benzene rings is 2. The Morgan fingerprint density at radius 3 is 2.27 bits per heavy atom. The molecule has 4 heteroatoms. The maximum Gasteiger partial charge on any atom is 0.245 e. The summed E-state index contributed by atoms with van der Waals surface area (Å²) in [6.07, 6.45) is 1.55. The number of carbonyl (C=O) groups is 2. The molecule has 1 aliphatic heterocycles. The summed E-state index contributed by atoms with van der Waals surface area (Å²) in [5.41, 5.74) is 1.41. The number of ketones is 1. The number of carbonyl (C=O) groups excluding carboxylic acids is 2. The molecular weight excluding hydrogens is 294 g/mol. The van der Waals surface area contributed by atoms with Crippen molar-refractivity contribution in [2.45, 2.75) is 12.2 Å². The zero-order valence-corrected chi connectivity index (χ0v) is 12.9. The van der Waals surface area contributed by atoms with Crippen LogP contribution in [0.1, 0.15) is 17.3 Å². The number of para-hydroxylation sites is 1. The van der Waals surface area contributed by atoms with Crippen LogP contribution in [0.5, 0.6) is 0 Å². The fourth-order valence-electron chi connectivity index (χ4n) is 2.30. The summed E-state index contributed by atoms with van der Waals surface area (Å²) in [7, 11) is 0. The Labute approximate surface area is 133 Å². The average molecular weight is 309 g/mol. The molecular formula is C18H15NO2S. The summed E-state index contributed by atoms with van der Waals surface area (Å²) >= 11 is 1.42. The summed E-state index contributed by atoms with van der Waals surface area (Å²) in [6.45, 7) is 1.86. The third-order valence-corrected chi connectivity index (χ3v) is 4.51. The minimum atomic E-state index is -0.185. The SMILES string of the molecule is CC1S/C(=C\C(=O)c2ccccc2)N(c2ccccc2)C1=O. The van der Waals surface area contributed by atoms with E-state index in [0.717, 1.165) is 5.69 Å². The van der Waals surface area contributed by atoms with E-state index in [1.54, 1.807) is 23.1 Å². The van der Waals surface area contributed by atoms with Gasteiger partial charge >= 0.3 is 0 Å². The highest BCUT2D eigenvalue weighted by molar-refractivity contribution is 8.05. The largest absolute Gasteiger partial charge is 0.289 e. The van der Waals surface area contributed by atoms with Crippen molar-refractivity contribution in [3.8, 4) is 0 Å². The van der Waals surface area contributed by atoms with Crippen LogP contribution in [0.25, 0.3) is 0 Å². The molecule has 2 aromatic carbocycles. The van der Waals surface area contributed by atoms with Gasteiger partial charge in [-0.25, -0.2) is 0 Å². The van der Waals surface area contributed by atoms with Gasteiger partial charge in [-0.15, -0.1) is 0 Å². The summed E-state index contributed by atoms with van der Waals surface area (Å²) in [6, 6.07) is 18.5. The molecule has 1 atom stereocenters. The molecule has 0 spiro atoms. The fourth-order valence-corrected chi connectivity index (χ4v) is 3.35. The van der Waals surface area contributed by atoms with Gasteiger partial charge in [-0.2, -0.15) is 0 Å². The Morgan fingerprint density at radius 1 is 1.05 bits per heavy atom. The van der Waals surface area contributed by atoms with Gasteiger partial charge in [0.25, 0.3) is 0 Å². The van der Waals surface area contributed by atoms with Crippen LogP contribution in [0.4, 0.5) is 5.69 Å². The average Bonchev–Trinajstić information content (AvgIpc) is 2.83. The summed E-state index contributed by atoms with van der Waals surface area (Å²) in [5.74, 6) is -0.0887. The van der Waals surface area contributed by atoms with E-state index in [-0.39, 0.29) is 16.9 Å². The Morgan fingerprint density at radius 2 is 1.64 bits per heavy atom. The number of hydrogen-bond donors (Lipinski definition) is 0. The Balaban J connectivity index is 1.96. The maximum absolute atomic E-state index is 12.4. The molecule has 0 radical (unpaired) electrons. The molecule has 0 saturated carbocycles. The normalized spacial score (nSPS) is 19.7. The molecule has 1 unspecified atom stereocenters. The summed E-state index contributed by atoms with van der Waals surface area (Å²) in [5, 5.41) is 0.493. The second-order valence-electron chi connectivity index (χ2n) is 4.98. The lowest BCUT2D eigenvalue weighted by Gasteiger charge is -2.17. The standard InChI is InChI=1S/C18H15NO2S/c1-13-18(21)19(15-10-6-3-7-11-15)17(22-13)12-16(20)14-8-4-2-5-9-14/h2-13H,1H3/b17-12-. The fraction of sp³-hybridized carbons (Fsp3) is 0.111. The molecule has 2 aromatic rings. The van der Waals surface area contributed by atoms with Crippen LogP contribution in [0.2, 0.25) is 0 Å². The summed E-state index contributed by atoms with van der Waals surface area (Å²) in [4.78, 5) is 26.4. The van der Waals surface area contributed by atoms with Gasteiger partial charge in [0, 0.05) is 17.3 Å². The monoisotopic (exact) mass is 309 g/mol. The number of allylic oxidation sites excluding steroid dienone is 1. The van der Waals surface area contributed by atoms with Gasteiger partial charge in [0.2, 0.25) is 5.91 Å². The van der Waals surface area contributed by atoms with E-state index < -0.39 is 0 Å². The van der Waals surface area contributed by atoms with Crippen molar-refractivity contribution in [3.63, 3.8) is 0 Å². The van der Waals surface area contributed by atoms with Gasteiger partial charge in [-0.1, -0.05) is 60.3 Å². The van der Waals surface area contributed by atoms with Gasteiger partial charge in [-0.3, -0.25) is 14.5 Å². The van der Waals surface area contributed by atoms with E-state index in [1.807, 2.05) is 55.5 Å². The van der Waals surface area contributed by atoms with Crippen molar-refractivity contribution < 1.29 is 9.59 Å². The van der Waals surface area contributed by atoms with E-state index in [0.29, 0.717) is 10.6 Å². The van der Waals surface area contributed by atoms with Crippen LogP contribution in [-0.2, 0) is 4.79 Å². The highest BCUT2D eigenvalue weighted by Gasteiger charge is 2.35. The Bertz CT molecular complexity index is 725. The molecule has 1 amide bonds. The van der Waals surface area contributed by atoms with Crippen LogP contribution in [0.15, 0.2) is 71.8 Å². The first-order valence-corrected chi connectivity index (χ1v) is 7.91. The molecule has 1 heterocycles. The molecule has 0 bridgehead atoms. The summed E-state index contributed by atoms with van der Waals surface area (Å²) < 4.78 is 0. The van der Waals surface area contributed by atoms with E-state index in [4.69, 9.17) is 0 Å². The second kappa shape index (κ2) is 6.20. The van der Waals surface area contributed by atoms with Crippen LogP contribution in [-0.4, -0.2) is 16.9 Å². The number of amides is 1. The molecule has 22 heavy (non-hydrogen) atoms. The third-order valence-electron chi connectivity index (χ3n) is 3.41. The molecule has 0 N–H and O–H groups in total. The van der Waals surface area contributed by atoms with E-state index in [2.05, 4.69) is 0 Å². The molecule has 110 valence electrons. The second-order valence-corrected chi connectivity index (χ2v) is 6.34. The van der Waals surface area contributed by atoms with E-state index in [9.17, 15) is 9.59 Å². The molecule has 1 fully saturated rings. The molecule has 3 rings (SSSR count). The minimum Gasteiger partial charge on any atom is -0.289 e. The maximum atomic E-state index is 12.4. The first kappa shape index (κ1) is 14.6. The molecule has 0 aliphatic carbocycles.